The Morgan fingerprint density at radius 2 is 1.73 bits per heavy atom. The molecule has 22 heavy (non-hydrogen) atoms. The van der Waals surface area contributed by atoms with E-state index in [1.54, 1.807) is 18.2 Å². The Bertz CT molecular complexity index is 887. The minimum Gasteiger partial charge on any atom is -0.452 e. The first-order valence-corrected chi connectivity index (χ1v) is 7.48. The van der Waals surface area contributed by atoms with E-state index in [1.807, 2.05) is 42.5 Å². The number of hydrogen-bond donors (Lipinski definition) is 0. The molecule has 1 heterocycles. The zero-order chi connectivity index (χ0) is 15.5. The van der Waals surface area contributed by atoms with Crippen LogP contribution >= 0.6 is 11.8 Å². The van der Waals surface area contributed by atoms with E-state index in [0.717, 1.165) is 14.8 Å². The summed E-state index contributed by atoms with van der Waals surface area (Å²) in [6.45, 7) is 0. The number of carbonyl (C=O) groups excluding carboxylic acids is 1. The summed E-state index contributed by atoms with van der Waals surface area (Å²) >= 11 is 1.33. The number of fused-ring (bicyclic) bond motifs is 1. The topological polar surface area (TPSA) is 48.3 Å². The van der Waals surface area contributed by atoms with Gasteiger partial charge in [0.05, 0.1) is 17.5 Å². The van der Waals surface area contributed by atoms with Crippen molar-refractivity contribution in [2.75, 3.05) is 7.11 Å². The van der Waals surface area contributed by atoms with Gasteiger partial charge in [-0.2, -0.15) is 0 Å². The average molecular weight is 311 g/mol. The highest BCUT2D eigenvalue weighted by Crippen LogP contribution is 2.27. The minimum absolute atomic E-state index is 0.376. The first-order chi connectivity index (χ1) is 10.7. The van der Waals surface area contributed by atoms with E-state index in [-0.39, 0.29) is 5.56 Å². The third-order valence-electron chi connectivity index (χ3n) is 3.21. The maximum absolute atomic E-state index is 12.6. The van der Waals surface area contributed by atoms with E-state index in [2.05, 4.69) is 0 Å². The summed E-state index contributed by atoms with van der Waals surface area (Å²) in [5.74, 6) is 0. The molecule has 1 aromatic heterocycles. The molecule has 0 unspecified atom stereocenters. The summed E-state index contributed by atoms with van der Waals surface area (Å²) in [5, 5.41) is 0.811. The molecule has 4 nitrogen and oxygen atoms in total. The highest BCUT2D eigenvalue weighted by atomic mass is 32.2. The lowest BCUT2D eigenvalue weighted by Gasteiger charge is -2.10. The summed E-state index contributed by atoms with van der Waals surface area (Å²) in [7, 11) is 1.26. The molecule has 110 valence electrons. The van der Waals surface area contributed by atoms with Crippen molar-refractivity contribution in [1.82, 2.24) is 4.57 Å². The maximum Gasteiger partial charge on any atom is 0.421 e. The van der Waals surface area contributed by atoms with Gasteiger partial charge >= 0.3 is 6.09 Å². The van der Waals surface area contributed by atoms with Crippen LogP contribution in [0.4, 0.5) is 4.79 Å². The van der Waals surface area contributed by atoms with Gasteiger partial charge in [-0.3, -0.25) is 4.79 Å². The molecule has 5 heteroatoms. The van der Waals surface area contributed by atoms with Crippen molar-refractivity contribution in [3.63, 3.8) is 0 Å². The van der Waals surface area contributed by atoms with Crippen LogP contribution in [0.2, 0.25) is 0 Å². The van der Waals surface area contributed by atoms with Gasteiger partial charge in [0, 0.05) is 10.3 Å². The lowest BCUT2D eigenvalue weighted by atomic mass is 10.2. The van der Waals surface area contributed by atoms with Gasteiger partial charge in [-0.25, -0.2) is 9.36 Å². The van der Waals surface area contributed by atoms with E-state index in [4.69, 9.17) is 4.74 Å². The Kier molecular flexibility index (Phi) is 3.98. The molecule has 3 aromatic rings. The Morgan fingerprint density at radius 1 is 1.05 bits per heavy atom. The van der Waals surface area contributed by atoms with Gasteiger partial charge in [-0.05, 0) is 24.3 Å². The van der Waals surface area contributed by atoms with Crippen molar-refractivity contribution < 1.29 is 9.53 Å². The van der Waals surface area contributed by atoms with Crippen molar-refractivity contribution in [2.45, 2.75) is 9.79 Å². The molecule has 0 saturated carbocycles. The van der Waals surface area contributed by atoms with Gasteiger partial charge < -0.3 is 4.74 Å². The molecular weight excluding hydrogens is 298 g/mol. The number of aromatic nitrogens is 1. The zero-order valence-electron chi connectivity index (χ0n) is 11.9. The molecule has 2 aromatic carbocycles. The summed E-state index contributed by atoms with van der Waals surface area (Å²) in [6.07, 6.45) is -0.684. The number of para-hydroxylation sites is 1. The smallest absolute Gasteiger partial charge is 0.421 e. The summed E-state index contributed by atoms with van der Waals surface area (Å²) in [6, 6.07) is 18.6. The second-order valence-electron chi connectivity index (χ2n) is 4.59. The van der Waals surface area contributed by atoms with Crippen LogP contribution in [0.5, 0.6) is 0 Å². The lowest BCUT2D eigenvalue weighted by molar-refractivity contribution is 0.173. The Hall–Kier alpha value is -2.53. The molecule has 0 saturated heterocycles. The molecule has 0 atom stereocenters. The molecule has 0 aliphatic heterocycles. The quantitative estimate of drug-likeness (QED) is 0.723. The van der Waals surface area contributed by atoms with Crippen LogP contribution in [-0.2, 0) is 4.74 Å². The fourth-order valence-electron chi connectivity index (χ4n) is 2.20. The number of ether oxygens (including phenoxy) is 1. The van der Waals surface area contributed by atoms with Gasteiger partial charge in [0.2, 0.25) is 0 Å². The SMILES string of the molecule is COC(=O)n1c(=O)c(Sc2ccccc2)cc2ccccc21. The summed E-state index contributed by atoms with van der Waals surface area (Å²) in [5.41, 5.74) is 0.163. The number of methoxy groups -OCH3 is 1. The predicted molar refractivity (Wildman–Crippen MR) is 86.6 cm³/mol. The zero-order valence-corrected chi connectivity index (χ0v) is 12.7. The molecule has 0 radical (unpaired) electrons. The van der Waals surface area contributed by atoms with E-state index in [1.165, 1.54) is 18.9 Å². The Labute approximate surface area is 131 Å². The van der Waals surface area contributed by atoms with Crippen LogP contribution in [0, 0.1) is 0 Å². The molecule has 0 bridgehead atoms. The third-order valence-corrected chi connectivity index (χ3v) is 4.23. The van der Waals surface area contributed by atoms with Crippen molar-refractivity contribution in [2.24, 2.45) is 0 Å². The Morgan fingerprint density at radius 3 is 2.45 bits per heavy atom. The average Bonchev–Trinajstić information content (AvgIpc) is 2.56. The number of rotatable bonds is 2. The summed E-state index contributed by atoms with van der Waals surface area (Å²) < 4.78 is 5.82. The van der Waals surface area contributed by atoms with Gasteiger partial charge in [0.25, 0.3) is 5.56 Å². The van der Waals surface area contributed by atoms with Crippen LogP contribution in [-0.4, -0.2) is 17.8 Å². The molecular formula is C17H13NO3S. The number of benzene rings is 2. The van der Waals surface area contributed by atoms with Gasteiger partial charge in [0.1, 0.15) is 0 Å². The number of nitrogens with zero attached hydrogens (tertiary/aromatic N) is 1. The first-order valence-electron chi connectivity index (χ1n) is 6.67. The van der Waals surface area contributed by atoms with Gasteiger partial charge in [-0.15, -0.1) is 0 Å². The normalized spacial score (nSPS) is 10.6. The van der Waals surface area contributed by atoms with Crippen molar-refractivity contribution in [3.05, 3.63) is 71.0 Å². The molecule has 0 spiro atoms. The van der Waals surface area contributed by atoms with E-state index < -0.39 is 6.09 Å². The molecule has 0 fully saturated rings. The molecule has 0 aliphatic rings. The third kappa shape index (κ3) is 2.63. The van der Waals surface area contributed by atoms with Crippen LogP contribution in [0.15, 0.2) is 75.2 Å². The van der Waals surface area contributed by atoms with Crippen molar-refractivity contribution >= 4 is 28.8 Å². The molecule has 0 aliphatic carbocycles. The largest absolute Gasteiger partial charge is 0.452 e. The van der Waals surface area contributed by atoms with Crippen molar-refractivity contribution in [3.8, 4) is 0 Å². The van der Waals surface area contributed by atoms with Gasteiger partial charge in [0.15, 0.2) is 0 Å². The lowest BCUT2D eigenvalue weighted by Crippen LogP contribution is -2.28. The van der Waals surface area contributed by atoms with E-state index >= 15 is 0 Å². The second-order valence-corrected chi connectivity index (χ2v) is 5.71. The van der Waals surface area contributed by atoms with Gasteiger partial charge in [-0.1, -0.05) is 48.2 Å². The first kappa shape index (κ1) is 14.4. The van der Waals surface area contributed by atoms with Crippen LogP contribution < -0.4 is 5.56 Å². The number of carbonyl (C=O) groups is 1. The highest BCUT2D eigenvalue weighted by Gasteiger charge is 2.15. The minimum atomic E-state index is -0.684. The van der Waals surface area contributed by atoms with Crippen molar-refractivity contribution in [1.29, 1.82) is 0 Å². The standard InChI is InChI=1S/C17H13NO3S/c1-21-17(20)18-14-10-6-5-7-12(14)11-15(16(18)19)22-13-8-3-2-4-9-13/h2-11H,1H3. The monoisotopic (exact) mass is 311 g/mol. The predicted octanol–water partition coefficient (Wildman–Crippen LogP) is 3.77. The fourth-order valence-corrected chi connectivity index (χ4v) is 3.11. The maximum atomic E-state index is 12.6. The molecule has 0 amide bonds. The fraction of sp³-hybridized carbons (Fsp3) is 0.0588. The Balaban J connectivity index is 2.21. The van der Waals surface area contributed by atoms with E-state index in [0.29, 0.717) is 10.4 Å². The summed E-state index contributed by atoms with van der Waals surface area (Å²) in [4.78, 5) is 26.0. The molecule has 3 rings (SSSR count). The number of hydrogen-bond acceptors (Lipinski definition) is 4. The van der Waals surface area contributed by atoms with Crippen LogP contribution in [0.25, 0.3) is 10.9 Å². The second kappa shape index (κ2) is 6.07. The number of pyridine rings is 1. The van der Waals surface area contributed by atoms with Crippen LogP contribution in [0.1, 0.15) is 0 Å². The van der Waals surface area contributed by atoms with E-state index in [9.17, 15) is 9.59 Å². The highest BCUT2D eigenvalue weighted by molar-refractivity contribution is 7.99. The molecule has 0 N–H and O–H groups in total. The van der Waals surface area contributed by atoms with Crippen LogP contribution in [0.3, 0.4) is 0 Å².